The summed E-state index contributed by atoms with van der Waals surface area (Å²) in [6.45, 7) is 1.85. The molecule has 0 aliphatic heterocycles. The summed E-state index contributed by atoms with van der Waals surface area (Å²) in [7, 11) is -3.95. The van der Waals surface area contributed by atoms with Crippen LogP contribution in [0.2, 0.25) is 0 Å². The molecule has 3 aromatic rings. The first kappa shape index (κ1) is 16.6. The van der Waals surface area contributed by atoms with Crippen molar-refractivity contribution in [1.82, 2.24) is 14.6 Å². The number of aromatic nitrogens is 3. The molecule has 8 nitrogen and oxygen atoms in total. The monoisotopic (exact) mass is 374 g/mol. The number of nitrogens with one attached hydrogen (secondary N) is 3. The molecule has 3 N–H and O–H groups in total. The van der Waals surface area contributed by atoms with Crippen molar-refractivity contribution in [2.45, 2.75) is 37.5 Å². The van der Waals surface area contributed by atoms with Gasteiger partial charge in [-0.3, -0.25) is 19.4 Å². The molecule has 136 valence electrons. The van der Waals surface area contributed by atoms with Crippen molar-refractivity contribution in [2.24, 2.45) is 0 Å². The van der Waals surface area contributed by atoms with Crippen LogP contribution in [0.3, 0.4) is 0 Å². The number of benzene rings is 1. The number of hydrogen-bond acceptors (Lipinski definition) is 4. The molecule has 0 bridgehead atoms. The molecule has 2 aromatic heterocycles. The molecule has 0 atom stereocenters. The Morgan fingerprint density at radius 3 is 2.50 bits per heavy atom. The third-order valence-electron chi connectivity index (χ3n) is 4.67. The van der Waals surface area contributed by atoms with Crippen molar-refractivity contribution in [1.29, 1.82) is 0 Å². The van der Waals surface area contributed by atoms with E-state index in [1.54, 1.807) is 12.1 Å². The molecule has 0 fully saturated rings. The fourth-order valence-electron chi connectivity index (χ4n) is 3.27. The van der Waals surface area contributed by atoms with Crippen molar-refractivity contribution in [3.05, 3.63) is 61.8 Å². The molecule has 0 saturated heterocycles. The van der Waals surface area contributed by atoms with Gasteiger partial charge in [-0.25, -0.2) is 8.42 Å². The number of anilines is 1. The molecule has 26 heavy (non-hydrogen) atoms. The lowest BCUT2D eigenvalue weighted by atomic mass is 9.97. The molecule has 0 unspecified atom stereocenters. The second kappa shape index (κ2) is 5.87. The lowest BCUT2D eigenvalue weighted by Gasteiger charge is -2.15. The Hall–Kier alpha value is -2.81. The first-order valence-corrected chi connectivity index (χ1v) is 9.83. The Labute approximate surface area is 148 Å². The highest BCUT2D eigenvalue weighted by molar-refractivity contribution is 7.92. The molecule has 0 spiro atoms. The van der Waals surface area contributed by atoms with Gasteiger partial charge in [0.05, 0.1) is 4.90 Å². The zero-order valence-corrected chi connectivity index (χ0v) is 14.9. The number of fused-ring (bicyclic) bond motifs is 2. The SMILES string of the molecule is Cc1ccc(S(=O)(=O)Nc2c(=O)[nH]n3c(=O)c4c([nH]c23)CCCC4)cc1. The Morgan fingerprint density at radius 1 is 1.08 bits per heavy atom. The minimum atomic E-state index is -3.95. The number of H-pyrrole nitrogens is 2. The van der Waals surface area contributed by atoms with Crippen LogP contribution < -0.4 is 15.8 Å². The first-order chi connectivity index (χ1) is 12.4. The van der Waals surface area contributed by atoms with Crippen LogP contribution in [0.15, 0.2) is 38.8 Å². The number of aryl methyl sites for hydroxylation is 2. The van der Waals surface area contributed by atoms with E-state index in [9.17, 15) is 18.0 Å². The van der Waals surface area contributed by atoms with Crippen molar-refractivity contribution < 1.29 is 8.42 Å². The van der Waals surface area contributed by atoms with E-state index >= 15 is 0 Å². The molecule has 1 aromatic carbocycles. The molecule has 0 saturated carbocycles. The summed E-state index contributed by atoms with van der Waals surface area (Å²) < 4.78 is 28.6. The van der Waals surface area contributed by atoms with Gasteiger partial charge in [0, 0.05) is 11.3 Å². The summed E-state index contributed by atoms with van der Waals surface area (Å²) in [5.41, 5.74) is 1.29. The summed E-state index contributed by atoms with van der Waals surface area (Å²) in [5, 5.41) is 2.42. The Kier molecular flexibility index (Phi) is 3.76. The first-order valence-electron chi connectivity index (χ1n) is 8.35. The van der Waals surface area contributed by atoms with Gasteiger partial charge in [-0.05, 0) is 44.7 Å². The zero-order chi connectivity index (χ0) is 18.5. The largest absolute Gasteiger partial charge is 0.341 e. The van der Waals surface area contributed by atoms with Gasteiger partial charge in [-0.1, -0.05) is 17.7 Å². The number of hydrogen-bond donors (Lipinski definition) is 3. The van der Waals surface area contributed by atoms with Crippen LogP contribution in [0, 0.1) is 6.92 Å². The highest BCUT2D eigenvalue weighted by Gasteiger charge is 2.23. The summed E-state index contributed by atoms with van der Waals surface area (Å²) in [5.74, 6) is 0. The van der Waals surface area contributed by atoms with Crippen LogP contribution in [0.25, 0.3) is 5.65 Å². The van der Waals surface area contributed by atoms with Gasteiger partial charge < -0.3 is 4.98 Å². The molecular weight excluding hydrogens is 356 g/mol. The third-order valence-corrected chi connectivity index (χ3v) is 6.03. The van der Waals surface area contributed by atoms with Crippen LogP contribution in [-0.4, -0.2) is 23.0 Å². The van der Waals surface area contributed by atoms with Crippen LogP contribution in [-0.2, 0) is 22.9 Å². The van der Waals surface area contributed by atoms with Crippen molar-refractivity contribution >= 4 is 21.4 Å². The number of nitrogens with zero attached hydrogens (tertiary/aromatic N) is 1. The maximum Gasteiger partial charge on any atom is 0.291 e. The molecular formula is C17H18N4O4S. The molecule has 9 heteroatoms. The van der Waals surface area contributed by atoms with Crippen LogP contribution >= 0.6 is 0 Å². The Bertz CT molecular complexity index is 1220. The van der Waals surface area contributed by atoms with Crippen molar-refractivity contribution in [3.8, 4) is 0 Å². The Balaban J connectivity index is 1.86. The highest BCUT2D eigenvalue weighted by Crippen LogP contribution is 2.20. The fraction of sp³-hybridized carbons (Fsp3) is 0.294. The van der Waals surface area contributed by atoms with E-state index in [4.69, 9.17) is 0 Å². The average molecular weight is 374 g/mol. The van der Waals surface area contributed by atoms with Gasteiger partial charge in [0.2, 0.25) is 0 Å². The van der Waals surface area contributed by atoms with Crippen molar-refractivity contribution in [2.75, 3.05) is 4.72 Å². The van der Waals surface area contributed by atoms with Gasteiger partial charge >= 0.3 is 0 Å². The maximum absolute atomic E-state index is 12.6. The highest BCUT2D eigenvalue weighted by atomic mass is 32.2. The molecule has 0 amide bonds. The number of sulfonamides is 1. The molecule has 2 heterocycles. The summed E-state index contributed by atoms with van der Waals surface area (Å²) >= 11 is 0. The lowest BCUT2D eigenvalue weighted by molar-refractivity contribution is 0.601. The number of aromatic amines is 2. The second-order valence-electron chi connectivity index (χ2n) is 6.51. The van der Waals surface area contributed by atoms with E-state index in [1.165, 1.54) is 12.1 Å². The van der Waals surface area contributed by atoms with Crippen LogP contribution in [0.5, 0.6) is 0 Å². The molecule has 1 aliphatic carbocycles. The normalized spacial score (nSPS) is 14.3. The lowest BCUT2D eigenvalue weighted by Crippen LogP contribution is -2.25. The molecule has 4 rings (SSSR count). The second-order valence-corrected chi connectivity index (χ2v) is 8.20. The van der Waals surface area contributed by atoms with Gasteiger partial charge in [0.1, 0.15) is 0 Å². The van der Waals surface area contributed by atoms with Gasteiger partial charge in [-0.2, -0.15) is 4.52 Å². The smallest absolute Gasteiger partial charge is 0.291 e. The summed E-state index contributed by atoms with van der Waals surface area (Å²) in [4.78, 5) is 28.0. The van der Waals surface area contributed by atoms with Gasteiger partial charge in [0.25, 0.3) is 21.1 Å². The standard InChI is InChI=1S/C17H18N4O4S/c1-10-6-8-11(9-7-10)26(24,25)20-14-15-18-13-5-3-2-4-12(13)17(23)21(15)19-16(14)22/h6-9,18,20H,2-5H2,1H3,(H,19,22). The predicted molar refractivity (Wildman–Crippen MR) is 97.3 cm³/mol. The van der Waals surface area contributed by atoms with Crippen LogP contribution in [0.1, 0.15) is 29.7 Å². The van der Waals surface area contributed by atoms with E-state index in [1.807, 2.05) is 6.92 Å². The minimum absolute atomic E-state index is 0.0437. The predicted octanol–water partition coefficient (Wildman–Crippen LogP) is 1.30. The van der Waals surface area contributed by atoms with Gasteiger partial charge in [0.15, 0.2) is 11.3 Å². The summed E-state index contributed by atoms with van der Waals surface area (Å²) in [6.07, 6.45) is 3.20. The van der Waals surface area contributed by atoms with Crippen molar-refractivity contribution in [3.63, 3.8) is 0 Å². The van der Waals surface area contributed by atoms with E-state index in [2.05, 4.69) is 14.8 Å². The third kappa shape index (κ3) is 2.64. The zero-order valence-electron chi connectivity index (χ0n) is 14.1. The van der Waals surface area contributed by atoms with Gasteiger partial charge in [-0.15, -0.1) is 0 Å². The van der Waals surface area contributed by atoms with E-state index in [0.29, 0.717) is 18.4 Å². The van der Waals surface area contributed by atoms with E-state index in [0.717, 1.165) is 28.6 Å². The molecule has 0 radical (unpaired) electrons. The topological polar surface area (TPSA) is 116 Å². The maximum atomic E-state index is 12.6. The average Bonchev–Trinajstić information content (AvgIpc) is 2.91. The quantitative estimate of drug-likeness (QED) is 0.641. The Morgan fingerprint density at radius 2 is 1.77 bits per heavy atom. The fourth-order valence-corrected chi connectivity index (χ4v) is 4.34. The van der Waals surface area contributed by atoms with Crippen LogP contribution in [0.4, 0.5) is 5.69 Å². The van der Waals surface area contributed by atoms with E-state index < -0.39 is 15.6 Å². The minimum Gasteiger partial charge on any atom is -0.341 e. The molecule has 1 aliphatic rings. The van der Waals surface area contributed by atoms with E-state index in [-0.39, 0.29) is 21.8 Å². The number of rotatable bonds is 3. The summed E-state index contributed by atoms with van der Waals surface area (Å²) in [6, 6.07) is 6.28.